The standard InChI is InChI=1S/C20H22N4O3S2/c1-13(2)18(20(25)24-11-10-14-6-3-4-7-15(14)12-24)23-29(26,27)17-9-5-8-16-19(17)22-28-21-16/h3-9,13,18,23H,10-12H2,1-2H3/t18-/m0/s1. The van der Waals surface area contributed by atoms with E-state index in [-0.39, 0.29) is 16.7 Å². The first-order valence-electron chi connectivity index (χ1n) is 9.46. The van der Waals surface area contributed by atoms with E-state index in [0.29, 0.717) is 24.1 Å². The van der Waals surface area contributed by atoms with Gasteiger partial charge in [0, 0.05) is 13.1 Å². The summed E-state index contributed by atoms with van der Waals surface area (Å²) in [5.74, 6) is -0.413. The largest absolute Gasteiger partial charge is 0.337 e. The van der Waals surface area contributed by atoms with Gasteiger partial charge in [-0.05, 0) is 35.6 Å². The van der Waals surface area contributed by atoms with Crippen molar-refractivity contribution in [2.45, 2.75) is 37.8 Å². The van der Waals surface area contributed by atoms with Crippen LogP contribution in [0.3, 0.4) is 0 Å². The van der Waals surface area contributed by atoms with Gasteiger partial charge in [0.2, 0.25) is 15.9 Å². The Morgan fingerprint density at radius 3 is 2.62 bits per heavy atom. The lowest BCUT2D eigenvalue weighted by molar-refractivity contribution is -0.135. The number of aromatic nitrogens is 2. The number of carbonyl (C=O) groups excluding carboxylic acids is 1. The molecule has 1 aliphatic rings. The first-order valence-corrected chi connectivity index (χ1v) is 11.7. The number of rotatable bonds is 5. The van der Waals surface area contributed by atoms with Crippen molar-refractivity contribution in [2.75, 3.05) is 6.54 Å². The highest BCUT2D eigenvalue weighted by Crippen LogP contribution is 2.24. The smallest absolute Gasteiger partial charge is 0.243 e. The summed E-state index contributed by atoms with van der Waals surface area (Å²) in [7, 11) is -3.94. The predicted octanol–water partition coefficient (Wildman–Crippen LogP) is 2.58. The average Bonchev–Trinajstić information content (AvgIpc) is 3.19. The first kappa shape index (κ1) is 19.9. The van der Waals surface area contributed by atoms with E-state index in [1.807, 2.05) is 32.0 Å². The summed E-state index contributed by atoms with van der Waals surface area (Å²) in [6, 6.07) is 12.0. The summed E-state index contributed by atoms with van der Waals surface area (Å²) in [5, 5.41) is 0. The topological polar surface area (TPSA) is 92.3 Å². The second kappa shape index (κ2) is 7.81. The first-order chi connectivity index (χ1) is 13.9. The zero-order valence-corrected chi connectivity index (χ0v) is 17.8. The van der Waals surface area contributed by atoms with Crippen molar-refractivity contribution < 1.29 is 13.2 Å². The molecule has 7 nitrogen and oxygen atoms in total. The second-order valence-electron chi connectivity index (χ2n) is 7.51. The molecule has 0 bridgehead atoms. The molecule has 29 heavy (non-hydrogen) atoms. The van der Waals surface area contributed by atoms with Crippen LogP contribution in [0.15, 0.2) is 47.4 Å². The number of hydrogen-bond acceptors (Lipinski definition) is 6. The number of fused-ring (bicyclic) bond motifs is 2. The second-order valence-corrected chi connectivity index (χ2v) is 9.72. The molecule has 3 aromatic rings. The Balaban J connectivity index is 1.60. The van der Waals surface area contributed by atoms with Crippen LogP contribution in [0.5, 0.6) is 0 Å². The Morgan fingerprint density at radius 1 is 1.10 bits per heavy atom. The van der Waals surface area contributed by atoms with Crippen LogP contribution in [-0.4, -0.2) is 40.6 Å². The van der Waals surface area contributed by atoms with E-state index in [2.05, 4.69) is 19.5 Å². The normalized spacial score (nSPS) is 15.5. The van der Waals surface area contributed by atoms with Crippen molar-refractivity contribution in [1.29, 1.82) is 0 Å². The van der Waals surface area contributed by atoms with Gasteiger partial charge < -0.3 is 4.90 Å². The molecule has 1 aliphatic heterocycles. The van der Waals surface area contributed by atoms with Crippen LogP contribution >= 0.6 is 11.7 Å². The molecule has 4 rings (SSSR count). The molecule has 1 amide bonds. The van der Waals surface area contributed by atoms with Crippen LogP contribution in [0.25, 0.3) is 11.0 Å². The fourth-order valence-corrected chi connectivity index (χ4v) is 5.69. The zero-order valence-electron chi connectivity index (χ0n) is 16.2. The molecule has 1 N–H and O–H groups in total. The Kier molecular flexibility index (Phi) is 5.37. The minimum atomic E-state index is -3.94. The van der Waals surface area contributed by atoms with Gasteiger partial charge in [-0.15, -0.1) is 0 Å². The lowest BCUT2D eigenvalue weighted by atomic mass is 9.97. The molecule has 0 aliphatic carbocycles. The summed E-state index contributed by atoms with van der Waals surface area (Å²) in [6.45, 7) is 4.75. The van der Waals surface area contributed by atoms with Crippen molar-refractivity contribution in [2.24, 2.45) is 5.92 Å². The summed E-state index contributed by atoms with van der Waals surface area (Å²) >= 11 is 0.963. The molecule has 2 heterocycles. The summed E-state index contributed by atoms with van der Waals surface area (Å²) < 4.78 is 37.0. The molecule has 0 radical (unpaired) electrons. The van der Waals surface area contributed by atoms with Crippen LogP contribution in [-0.2, 0) is 27.8 Å². The molecule has 0 spiro atoms. The predicted molar refractivity (Wildman–Crippen MR) is 112 cm³/mol. The number of carbonyl (C=O) groups is 1. The molecule has 1 aromatic heterocycles. The molecule has 0 fully saturated rings. The zero-order chi connectivity index (χ0) is 20.6. The van der Waals surface area contributed by atoms with Gasteiger partial charge in [-0.25, -0.2) is 8.42 Å². The molecule has 152 valence electrons. The van der Waals surface area contributed by atoms with E-state index in [0.717, 1.165) is 23.7 Å². The number of benzene rings is 2. The third kappa shape index (κ3) is 3.90. The molecular formula is C20H22N4O3S2. The van der Waals surface area contributed by atoms with Crippen molar-refractivity contribution in [3.63, 3.8) is 0 Å². The van der Waals surface area contributed by atoms with Gasteiger partial charge in [0.05, 0.1) is 11.7 Å². The monoisotopic (exact) mass is 430 g/mol. The Labute approximate surface area is 174 Å². The van der Waals surface area contributed by atoms with Crippen LogP contribution in [0.4, 0.5) is 0 Å². The maximum absolute atomic E-state index is 13.2. The molecule has 2 aromatic carbocycles. The van der Waals surface area contributed by atoms with Crippen LogP contribution in [0.1, 0.15) is 25.0 Å². The Bertz CT molecular complexity index is 1160. The summed E-state index contributed by atoms with van der Waals surface area (Å²) in [4.78, 5) is 15.0. The Morgan fingerprint density at radius 2 is 1.86 bits per heavy atom. The maximum Gasteiger partial charge on any atom is 0.243 e. The van der Waals surface area contributed by atoms with Gasteiger partial charge in [0.15, 0.2) is 0 Å². The number of hydrogen-bond donors (Lipinski definition) is 1. The highest BCUT2D eigenvalue weighted by Gasteiger charge is 2.33. The fraction of sp³-hybridized carbons (Fsp3) is 0.350. The van der Waals surface area contributed by atoms with Gasteiger partial charge in [-0.2, -0.15) is 13.5 Å². The number of sulfonamides is 1. The molecule has 1 atom stereocenters. The van der Waals surface area contributed by atoms with Gasteiger partial charge in [0.1, 0.15) is 22.0 Å². The van der Waals surface area contributed by atoms with Crippen molar-refractivity contribution in [3.8, 4) is 0 Å². The number of nitrogens with zero attached hydrogens (tertiary/aromatic N) is 3. The van der Waals surface area contributed by atoms with Gasteiger partial charge in [-0.3, -0.25) is 4.79 Å². The SMILES string of the molecule is CC(C)[C@H](NS(=O)(=O)c1cccc2nsnc12)C(=O)N1CCc2ccccc2C1. The van der Waals surface area contributed by atoms with Gasteiger partial charge >= 0.3 is 0 Å². The van der Waals surface area contributed by atoms with Gasteiger partial charge in [0.25, 0.3) is 0 Å². The van der Waals surface area contributed by atoms with Gasteiger partial charge in [-0.1, -0.05) is 44.2 Å². The van der Waals surface area contributed by atoms with E-state index in [1.165, 1.54) is 11.6 Å². The lowest BCUT2D eigenvalue weighted by Gasteiger charge is -2.33. The van der Waals surface area contributed by atoms with Crippen LogP contribution < -0.4 is 4.72 Å². The van der Waals surface area contributed by atoms with Crippen molar-refractivity contribution in [3.05, 3.63) is 53.6 Å². The molecule has 0 unspecified atom stereocenters. The number of amides is 1. The van der Waals surface area contributed by atoms with E-state index >= 15 is 0 Å². The minimum Gasteiger partial charge on any atom is -0.337 e. The minimum absolute atomic E-state index is 0.0474. The fourth-order valence-electron chi connectivity index (χ4n) is 3.58. The molecule has 0 saturated carbocycles. The van der Waals surface area contributed by atoms with Crippen molar-refractivity contribution in [1.82, 2.24) is 18.4 Å². The van der Waals surface area contributed by atoms with E-state index in [4.69, 9.17) is 0 Å². The van der Waals surface area contributed by atoms with E-state index in [1.54, 1.807) is 17.0 Å². The molecule has 0 saturated heterocycles. The van der Waals surface area contributed by atoms with E-state index < -0.39 is 16.1 Å². The maximum atomic E-state index is 13.2. The summed E-state index contributed by atoms with van der Waals surface area (Å²) in [5.41, 5.74) is 3.20. The molecule has 9 heteroatoms. The quantitative estimate of drug-likeness (QED) is 0.672. The van der Waals surface area contributed by atoms with Crippen molar-refractivity contribution >= 4 is 38.7 Å². The van der Waals surface area contributed by atoms with Crippen LogP contribution in [0, 0.1) is 5.92 Å². The lowest BCUT2D eigenvalue weighted by Crippen LogP contribution is -2.52. The summed E-state index contributed by atoms with van der Waals surface area (Å²) in [6.07, 6.45) is 0.767. The molecular weight excluding hydrogens is 408 g/mol. The Hall–Kier alpha value is -2.36. The highest BCUT2D eigenvalue weighted by molar-refractivity contribution is 7.89. The van der Waals surface area contributed by atoms with E-state index in [9.17, 15) is 13.2 Å². The number of nitrogens with one attached hydrogen (secondary N) is 1. The third-order valence-corrected chi connectivity index (χ3v) is 7.21. The highest BCUT2D eigenvalue weighted by atomic mass is 32.2. The average molecular weight is 431 g/mol. The van der Waals surface area contributed by atoms with Crippen LogP contribution in [0.2, 0.25) is 0 Å². The third-order valence-electron chi connectivity index (χ3n) is 5.20.